The fraction of sp³-hybridized carbons (Fsp3) is 0.800. The summed E-state index contributed by atoms with van der Waals surface area (Å²) < 4.78 is 39.9. The summed E-state index contributed by atoms with van der Waals surface area (Å²) >= 11 is 0. The molecule has 0 aromatic carbocycles. The molecule has 0 aromatic rings. The summed E-state index contributed by atoms with van der Waals surface area (Å²) in [7, 11) is 0. The number of ether oxygens (including phenoxy) is 1. The second kappa shape index (κ2) is 6.71. The third-order valence-electron chi connectivity index (χ3n) is 2.61. The van der Waals surface area contributed by atoms with Gasteiger partial charge in [0.1, 0.15) is 13.2 Å². The number of nitrogens with two attached hydrogens (primary N) is 1. The number of rotatable bonds is 6. The number of hydrogen-bond acceptors (Lipinski definition) is 4. The van der Waals surface area contributed by atoms with Crippen LogP contribution in [0.4, 0.5) is 13.2 Å². The Hall–Kier alpha value is -1.35. The predicted octanol–water partition coefficient (Wildman–Crippen LogP) is -0.759. The maximum atomic E-state index is 11.9. The van der Waals surface area contributed by atoms with Gasteiger partial charge in [-0.05, 0) is 13.0 Å². The molecule has 3 N–H and O–H groups in total. The lowest BCUT2D eigenvalue weighted by Gasteiger charge is -2.27. The van der Waals surface area contributed by atoms with Gasteiger partial charge in [0, 0.05) is 12.6 Å². The lowest BCUT2D eigenvalue weighted by molar-refractivity contribution is -0.178. The van der Waals surface area contributed by atoms with Gasteiger partial charge < -0.3 is 20.7 Å². The number of nitrogens with zero attached hydrogens (tertiary/aromatic N) is 1. The summed E-state index contributed by atoms with van der Waals surface area (Å²) in [5.41, 5.74) is 5.02. The summed E-state index contributed by atoms with van der Waals surface area (Å²) in [4.78, 5) is 23.8. The lowest BCUT2D eigenvalue weighted by Crippen LogP contribution is -2.47. The third-order valence-corrected chi connectivity index (χ3v) is 2.61. The number of carbonyl (C=O) groups excluding carboxylic acids is 2. The highest BCUT2D eigenvalue weighted by molar-refractivity contribution is 5.84. The molecule has 1 fully saturated rings. The number of primary amides is 1. The first kappa shape index (κ1) is 15.7. The van der Waals surface area contributed by atoms with Crippen molar-refractivity contribution in [1.29, 1.82) is 0 Å². The SMILES string of the molecule is NC(=O)CN(C(=O)COCC(F)(F)F)C1CCNC1. The molecular weight excluding hydrogens is 267 g/mol. The van der Waals surface area contributed by atoms with Gasteiger partial charge in [0.2, 0.25) is 11.8 Å². The van der Waals surface area contributed by atoms with E-state index in [-0.39, 0.29) is 12.6 Å². The number of hydrogen-bond donors (Lipinski definition) is 2. The molecule has 19 heavy (non-hydrogen) atoms. The van der Waals surface area contributed by atoms with E-state index in [1.165, 1.54) is 4.90 Å². The predicted molar refractivity (Wildman–Crippen MR) is 59.1 cm³/mol. The van der Waals surface area contributed by atoms with E-state index in [9.17, 15) is 22.8 Å². The van der Waals surface area contributed by atoms with E-state index in [0.29, 0.717) is 19.5 Å². The van der Waals surface area contributed by atoms with Crippen LogP contribution in [-0.2, 0) is 14.3 Å². The van der Waals surface area contributed by atoms with Crippen LogP contribution >= 0.6 is 0 Å². The van der Waals surface area contributed by atoms with Crippen LogP contribution in [0.3, 0.4) is 0 Å². The van der Waals surface area contributed by atoms with E-state index < -0.39 is 31.2 Å². The molecule has 1 aliphatic heterocycles. The molecule has 0 saturated carbocycles. The Bertz CT molecular complexity index is 330. The number of halogens is 3. The van der Waals surface area contributed by atoms with Crippen molar-refractivity contribution in [2.45, 2.75) is 18.6 Å². The zero-order valence-electron chi connectivity index (χ0n) is 10.2. The number of alkyl halides is 3. The van der Waals surface area contributed by atoms with Crippen molar-refractivity contribution in [1.82, 2.24) is 10.2 Å². The van der Waals surface area contributed by atoms with E-state index in [4.69, 9.17) is 5.73 Å². The molecule has 0 aliphatic carbocycles. The fourth-order valence-corrected chi connectivity index (χ4v) is 1.83. The first-order valence-electron chi connectivity index (χ1n) is 5.72. The molecule has 6 nitrogen and oxygen atoms in total. The zero-order valence-corrected chi connectivity index (χ0v) is 10.2. The van der Waals surface area contributed by atoms with Gasteiger partial charge in [0.25, 0.3) is 0 Å². The molecule has 1 aliphatic rings. The van der Waals surface area contributed by atoms with Crippen molar-refractivity contribution >= 4 is 11.8 Å². The zero-order chi connectivity index (χ0) is 14.5. The van der Waals surface area contributed by atoms with Crippen molar-refractivity contribution in [2.75, 3.05) is 32.8 Å². The van der Waals surface area contributed by atoms with Gasteiger partial charge in [0.15, 0.2) is 0 Å². The smallest absolute Gasteiger partial charge is 0.368 e. The highest BCUT2D eigenvalue weighted by Crippen LogP contribution is 2.15. The maximum absolute atomic E-state index is 11.9. The van der Waals surface area contributed by atoms with E-state index in [1.807, 2.05) is 0 Å². The van der Waals surface area contributed by atoms with E-state index in [0.717, 1.165) is 0 Å². The minimum atomic E-state index is -4.48. The first-order chi connectivity index (χ1) is 8.79. The van der Waals surface area contributed by atoms with E-state index >= 15 is 0 Å². The first-order valence-corrected chi connectivity index (χ1v) is 5.72. The molecule has 1 saturated heterocycles. The van der Waals surface area contributed by atoms with Gasteiger partial charge in [0.05, 0.1) is 6.54 Å². The van der Waals surface area contributed by atoms with Gasteiger partial charge in [-0.1, -0.05) is 0 Å². The average Bonchev–Trinajstić information content (AvgIpc) is 2.76. The van der Waals surface area contributed by atoms with Crippen LogP contribution in [0.1, 0.15) is 6.42 Å². The molecule has 1 heterocycles. The molecule has 1 unspecified atom stereocenters. The van der Waals surface area contributed by atoms with Crippen LogP contribution in [0.2, 0.25) is 0 Å². The van der Waals surface area contributed by atoms with Crippen LogP contribution in [0, 0.1) is 0 Å². The molecule has 0 aromatic heterocycles. The normalized spacial score (nSPS) is 19.4. The summed E-state index contributed by atoms with van der Waals surface area (Å²) in [6.07, 6.45) is -3.86. The van der Waals surface area contributed by atoms with Crippen molar-refractivity contribution in [3.63, 3.8) is 0 Å². The number of amides is 2. The Balaban J connectivity index is 2.49. The number of nitrogens with one attached hydrogen (secondary N) is 1. The highest BCUT2D eigenvalue weighted by Gasteiger charge is 2.30. The van der Waals surface area contributed by atoms with Crippen LogP contribution < -0.4 is 11.1 Å². The molecule has 1 atom stereocenters. The highest BCUT2D eigenvalue weighted by atomic mass is 19.4. The Kier molecular flexibility index (Phi) is 5.55. The summed E-state index contributed by atoms with van der Waals surface area (Å²) in [6, 6.07) is -0.241. The van der Waals surface area contributed by atoms with Crippen molar-refractivity contribution in [3.8, 4) is 0 Å². The van der Waals surface area contributed by atoms with Crippen molar-refractivity contribution in [3.05, 3.63) is 0 Å². The largest absolute Gasteiger partial charge is 0.411 e. The third kappa shape index (κ3) is 5.88. The molecule has 0 radical (unpaired) electrons. The second-order valence-corrected chi connectivity index (χ2v) is 4.24. The van der Waals surface area contributed by atoms with Crippen molar-refractivity contribution in [2.24, 2.45) is 5.73 Å². The standard InChI is InChI=1S/C10H16F3N3O3/c11-10(12,13)6-19-5-9(18)16(4-8(14)17)7-1-2-15-3-7/h7,15H,1-6H2,(H2,14,17). The van der Waals surface area contributed by atoms with Gasteiger partial charge in [-0.15, -0.1) is 0 Å². The molecule has 2 amide bonds. The molecule has 1 rings (SSSR count). The molecule has 0 spiro atoms. The van der Waals surface area contributed by atoms with Gasteiger partial charge in [-0.25, -0.2) is 0 Å². The minimum absolute atomic E-state index is 0.241. The van der Waals surface area contributed by atoms with Crippen LogP contribution in [0.15, 0.2) is 0 Å². The van der Waals surface area contributed by atoms with E-state index in [1.54, 1.807) is 0 Å². The Morgan fingerprint density at radius 2 is 2.11 bits per heavy atom. The molecule has 9 heteroatoms. The fourth-order valence-electron chi connectivity index (χ4n) is 1.83. The Labute approximate surface area is 108 Å². The molecular formula is C10H16F3N3O3. The Morgan fingerprint density at radius 1 is 1.42 bits per heavy atom. The minimum Gasteiger partial charge on any atom is -0.368 e. The summed E-state index contributed by atoms with van der Waals surface area (Å²) in [6.45, 7) is -1.37. The topological polar surface area (TPSA) is 84.7 Å². The monoisotopic (exact) mass is 283 g/mol. The van der Waals surface area contributed by atoms with E-state index in [2.05, 4.69) is 10.1 Å². The van der Waals surface area contributed by atoms with Crippen molar-refractivity contribution < 1.29 is 27.5 Å². The maximum Gasteiger partial charge on any atom is 0.411 e. The summed E-state index contributed by atoms with van der Waals surface area (Å²) in [5, 5.41) is 2.99. The molecule has 0 bridgehead atoms. The Morgan fingerprint density at radius 3 is 2.58 bits per heavy atom. The lowest BCUT2D eigenvalue weighted by atomic mass is 10.2. The van der Waals surface area contributed by atoms with Crippen LogP contribution in [-0.4, -0.2) is 61.8 Å². The second-order valence-electron chi connectivity index (χ2n) is 4.24. The summed E-state index contributed by atoms with van der Waals surface area (Å²) in [5.74, 6) is -1.38. The van der Waals surface area contributed by atoms with Gasteiger partial charge >= 0.3 is 6.18 Å². The average molecular weight is 283 g/mol. The number of carbonyl (C=O) groups is 2. The van der Waals surface area contributed by atoms with Crippen LogP contribution in [0.25, 0.3) is 0 Å². The molecule has 110 valence electrons. The van der Waals surface area contributed by atoms with Gasteiger partial charge in [-0.3, -0.25) is 9.59 Å². The quantitative estimate of drug-likeness (QED) is 0.671. The van der Waals surface area contributed by atoms with Gasteiger partial charge in [-0.2, -0.15) is 13.2 Å². The van der Waals surface area contributed by atoms with Crippen LogP contribution in [0.5, 0.6) is 0 Å².